The van der Waals surface area contributed by atoms with E-state index in [2.05, 4.69) is 15.4 Å². The number of amides is 2. The number of nitrogens with one attached hydrogen (secondary N) is 2. The molecule has 1 aromatic rings. The van der Waals surface area contributed by atoms with Gasteiger partial charge in [0.25, 0.3) is 0 Å². The van der Waals surface area contributed by atoms with Crippen molar-refractivity contribution < 1.29 is 28.0 Å². The second-order valence-corrected chi connectivity index (χ2v) is 7.71. The molecule has 2 aliphatic rings. The van der Waals surface area contributed by atoms with Crippen LogP contribution in [0.2, 0.25) is 0 Å². The van der Waals surface area contributed by atoms with E-state index in [0.29, 0.717) is 16.3 Å². The van der Waals surface area contributed by atoms with Gasteiger partial charge in [0.05, 0.1) is 4.90 Å². The molecule has 158 valence electrons. The van der Waals surface area contributed by atoms with Crippen molar-refractivity contribution in [2.75, 3.05) is 18.4 Å². The number of ether oxygens (including phenoxy) is 1. The van der Waals surface area contributed by atoms with E-state index in [0.717, 1.165) is 25.9 Å². The standard InChI is InChI=1S/C19H21F2N3O3S.H2O/c20-18(21)27-16-5-3-4-14(6-9-16)22-19(25)23-15-7-10-17(11-8-15)28(26)24-12-1-2-13-24;/h3-4,6-11,18H,1-2,5,12-13H2,(H2,22,23,25);1H2. The lowest BCUT2D eigenvalue weighted by Gasteiger charge is -2.14. The minimum Gasteiger partial charge on any atom is -0.439 e. The van der Waals surface area contributed by atoms with Gasteiger partial charge in [0.15, 0.2) is 0 Å². The van der Waals surface area contributed by atoms with E-state index in [1.165, 1.54) is 12.2 Å². The van der Waals surface area contributed by atoms with E-state index in [1.807, 2.05) is 4.31 Å². The molecule has 0 spiro atoms. The molecule has 0 saturated carbocycles. The van der Waals surface area contributed by atoms with Crippen LogP contribution in [0, 0.1) is 0 Å². The highest BCUT2D eigenvalue weighted by atomic mass is 32.2. The number of carbonyl (C=O) groups is 1. The highest BCUT2D eigenvalue weighted by Crippen LogP contribution is 2.19. The molecule has 0 aromatic heterocycles. The van der Waals surface area contributed by atoms with Crippen LogP contribution in [-0.4, -0.2) is 39.7 Å². The van der Waals surface area contributed by atoms with E-state index >= 15 is 0 Å². The molecular formula is C19H23F2N3O4S. The van der Waals surface area contributed by atoms with Crippen LogP contribution in [0.5, 0.6) is 0 Å². The maximum absolute atomic E-state index is 12.4. The fourth-order valence-corrected chi connectivity index (χ4v) is 4.10. The van der Waals surface area contributed by atoms with Gasteiger partial charge in [-0.25, -0.2) is 13.3 Å². The predicted molar refractivity (Wildman–Crippen MR) is 106 cm³/mol. The topological polar surface area (TPSA) is 102 Å². The van der Waals surface area contributed by atoms with Crippen molar-refractivity contribution >= 4 is 22.7 Å². The molecule has 0 radical (unpaired) electrons. The van der Waals surface area contributed by atoms with Gasteiger partial charge in [-0.1, -0.05) is 6.08 Å². The second-order valence-electron chi connectivity index (χ2n) is 6.23. The van der Waals surface area contributed by atoms with Crippen LogP contribution >= 0.6 is 0 Å². The second kappa shape index (κ2) is 10.8. The smallest absolute Gasteiger partial charge is 0.387 e. The molecule has 4 N–H and O–H groups in total. The summed E-state index contributed by atoms with van der Waals surface area (Å²) in [5.41, 5.74) is 0.993. The van der Waals surface area contributed by atoms with Gasteiger partial charge in [0.1, 0.15) is 16.7 Å². The number of benzene rings is 1. The lowest BCUT2D eigenvalue weighted by Crippen LogP contribution is -2.27. The normalized spacial score (nSPS) is 17.6. The average molecular weight is 427 g/mol. The van der Waals surface area contributed by atoms with Crippen LogP contribution < -0.4 is 10.6 Å². The molecule has 7 nitrogen and oxygen atoms in total. The van der Waals surface area contributed by atoms with Crippen molar-refractivity contribution in [3.63, 3.8) is 0 Å². The Morgan fingerprint density at radius 3 is 2.45 bits per heavy atom. The van der Waals surface area contributed by atoms with Crippen LogP contribution in [0.15, 0.2) is 64.9 Å². The number of nitrogens with zero attached hydrogens (tertiary/aromatic N) is 1. The Morgan fingerprint density at radius 1 is 1.10 bits per heavy atom. The van der Waals surface area contributed by atoms with Gasteiger partial charge in [0, 0.05) is 30.9 Å². The highest BCUT2D eigenvalue weighted by molar-refractivity contribution is 7.82. The summed E-state index contributed by atoms with van der Waals surface area (Å²) >= 11 is 0. The Kier molecular flexibility index (Phi) is 8.50. The van der Waals surface area contributed by atoms with Crippen LogP contribution in [0.25, 0.3) is 0 Å². The van der Waals surface area contributed by atoms with Gasteiger partial charge in [-0.05, 0) is 55.3 Å². The Balaban J connectivity index is 0.00000300. The molecule has 3 rings (SSSR count). The van der Waals surface area contributed by atoms with Crippen molar-refractivity contribution in [3.05, 3.63) is 60.0 Å². The monoisotopic (exact) mass is 427 g/mol. The number of halogens is 2. The number of alkyl halides is 2. The molecule has 1 aliphatic carbocycles. The highest BCUT2D eigenvalue weighted by Gasteiger charge is 2.19. The summed E-state index contributed by atoms with van der Waals surface area (Å²) in [5, 5.41) is 5.31. The Morgan fingerprint density at radius 2 is 1.79 bits per heavy atom. The maximum Gasteiger partial charge on any atom is 0.387 e. The first-order valence-corrected chi connectivity index (χ1v) is 9.99. The number of carbonyl (C=O) groups excluding carboxylic acids is 1. The minimum atomic E-state index is -2.88. The van der Waals surface area contributed by atoms with Crippen molar-refractivity contribution in [1.82, 2.24) is 9.62 Å². The molecule has 1 aliphatic heterocycles. The number of allylic oxidation sites excluding steroid dienone is 4. The summed E-state index contributed by atoms with van der Waals surface area (Å²) in [6, 6.07) is 6.36. The van der Waals surface area contributed by atoms with Gasteiger partial charge in [-0.2, -0.15) is 8.78 Å². The van der Waals surface area contributed by atoms with Crippen LogP contribution in [-0.2, 0) is 15.7 Å². The number of urea groups is 1. The molecule has 10 heteroatoms. The summed E-state index contributed by atoms with van der Waals surface area (Å²) in [7, 11) is -1.18. The SMILES string of the molecule is O.O=C(NC1=CC=C(OC(F)F)CC=C1)Nc1ccc(S(=O)N2CCCC2)cc1. The zero-order chi connectivity index (χ0) is 19.9. The number of hydrogen-bond donors (Lipinski definition) is 2. The lowest BCUT2D eigenvalue weighted by atomic mass is 10.3. The molecule has 1 saturated heterocycles. The first-order valence-electron chi connectivity index (χ1n) is 8.88. The third-order valence-corrected chi connectivity index (χ3v) is 5.69. The molecule has 2 amide bonds. The Labute approximate surface area is 170 Å². The summed E-state index contributed by atoms with van der Waals surface area (Å²) in [6.07, 6.45) is 8.44. The number of rotatable bonds is 6. The molecule has 1 atom stereocenters. The number of hydrogen-bond acceptors (Lipinski definition) is 3. The van der Waals surface area contributed by atoms with Gasteiger partial charge >= 0.3 is 12.6 Å². The third kappa shape index (κ3) is 6.77. The molecule has 1 heterocycles. The van der Waals surface area contributed by atoms with Gasteiger partial charge in [0.2, 0.25) is 0 Å². The molecule has 0 bridgehead atoms. The first kappa shape index (κ1) is 22.7. The average Bonchev–Trinajstić information content (AvgIpc) is 3.12. The van der Waals surface area contributed by atoms with E-state index < -0.39 is 23.6 Å². The van der Waals surface area contributed by atoms with Gasteiger partial charge < -0.3 is 20.8 Å². The van der Waals surface area contributed by atoms with Crippen molar-refractivity contribution in [1.29, 1.82) is 0 Å². The maximum atomic E-state index is 12.4. The zero-order valence-corrected chi connectivity index (χ0v) is 16.4. The zero-order valence-electron chi connectivity index (χ0n) is 15.6. The molecule has 1 fully saturated rings. The quantitative estimate of drug-likeness (QED) is 0.729. The molecular weight excluding hydrogens is 404 g/mol. The fraction of sp³-hybridized carbons (Fsp3) is 0.316. The van der Waals surface area contributed by atoms with Crippen LogP contribution in [0.1, 0.15) is 19.3 Å². The van der Waals surface area contributed by atoms with Crippen molar-refractivity contribution in [2.24, 2.45) is 0 Å². The molecule has 29 heavy (non-hydrogen) atoms. The van der Waals surface area contributed by atoms with E-state index in [1.54, 1.807) is 36.4 Å². The minimum absolute atomic E-state index is 0. The Hall–Kier alpha value is -2.56. The first-order chi connectivity index (χ1) is 13.5. The van der Waals surface area contributed by atoms with E-state index in [4.69, 9.17) is 0 Å². The fourth-order valence-electron chi connectivity index (χ4n) is 2.84. The van der Waals surface area contributed by atoms with Crippen LogP contribution in [0.4, 0.5) is 19.3 Å². The Bertz CT molecular complexity index is 819. The van der Waals surface area contributed by atoms with Crippen molar-refractivity contribution in [2.45, 2.75) is 30.8 Å². The predicted octanol–water partition coefficient (Wildman–Crippen LogP) is 3.07. The molecule has 1 aromatic carbocycles. The summed E-state index contributed by atoms with van der Waals surface area (Å²) in [5.74, 6) is 0.116. The van der Waals surface area contributed by atoms with E-state index in [9.17, 15) is 17.8 Å². The summed E-state index contributed by atoms with van der Waals surface area (Å²) < 4.78 is 43.2. The third-order valence-electron chi connectivity index (χ3n) is 4.18. The lowest BCUT2D eigenvalue weighted by molar-refractivity contribution is -0.0971. The van der Waals surface area contributed by atoms with Crippen LogP contribution in [0.3, 0.4) is 0 Å². The number of anilines is 1. The van der Waals surface area contributed by atoms with Crippen molar-refractivity contribution in [3.8, 4) is 0 Å². The summed E-state index contributed by atoms with van der Waals surface area (Å²) in [4.78, 5) is 12.8. The van der Waals surface area contributed by atoms with E-state index in [-0.39, 0.29) is 17.7 Å². The largest absolute Gasteiger partial charge is 0.439 e. The summed E-state index contributed by atoms with van der Waals surface area (Å²) in [6.45, 7) is -1.22. The van der Waals surface area contributed by atoms with Gasteiger partial charge in [-0.15, -0.1) is 0 Å². The molecule has 1 unspecified atom stereocenters. The van der Waals surface area contributed by atoms with Gasteiger partial charge in [-0.3, -0.25) is 0 Å².